The van der Waals surface area contributed by atoms with Gasteiger partial charge in [-0.1, -0.05) is 13.3 Å². The van der Waals surface area contributed by atoms with Crippen LogP contribution >= 0.6 is 0 Å². The highest BCUT2D eigenvalue weighted by Crippen LogP contribution is 2.09. The molecule has 0 saturated heterocycles. The van der Waals surface area contributed by atoms with Crippen LogP contribution in [-0.4, -0.2) is 37.9 Å². The molecular weight excluding hydrogens is 248 g/mol. The van der Waals surface area contributed by atoms with Gasteiger partial charge in [0.25, 0.3) is 5.91 Å². The fourth-order valence-electron chi connectivity index (χ4n) is 1.79. The number of carboxylic acids is 1. The Morgan fingerprint density at radius 1 is 1.47 bits per heavy atom. The lowest BCUT2D eigenvalue weighted by molar-refractivity contribution is -0.139. The minimum atomic E-state index is -1.04. The summed E-state index contributed by atoms with van der Waals surface area (Å²) in [6.07, 6.45) is 3.99. The van der Waals surface area contributed by atoms with Crippen molar-refractivity contribution in [3.8, 4) is 0 Å². The van der Waals surface area contributed by atoms with Gasteiger partial charge in [0.15, 0.2) is 0 Å². The van der Waals surface area contributed by atoms with Crippen LogP contribution in [0, 0.1) is 0 Å². The van der Waals surface area contributed by atoms with Crippen molar-refractivity contribution in [2.24, 2.45) is 0 Å². The molecule has 0 aliphatic heterocycles. The number of aliphatic carboxylic acids is 1. The summed E-state index contributed by atoms with van der Waals surface area (Å²) in [5.74, 6) is -1.49. The third-order valence-electron chi connectivity index (χ3n) is 2.73. The van der Waals surface area contributed by atoms with Crippen LogP contribution in [0.5, 0.6) is 0 Å². The Labute approximate surface area is 109 Å². The lowest BCUT2D eigenvalue weighted by Crippen LogP contribution is -2.40. The van der Waals surface area contributed by atoms with Crippen molar-refractivity contribution >= 4 is 17.4 Å². The molecule has 2 rings (SSSR count). The quantitative estimate of drug-likeness (QED) is 0.827. The molecule has 7 heteroatoms. The van der Waals surface area contributed by atoms with Crippen LogP contribution in [0.1, 0.15) is 30.1 Å². The van der Waals surface area contributed by atoms with Crippen molar-refractivity contribution in [3.63, 3.8) is 0 Å². The van der Waals surface area contributed by atoms with Gasteiger partial charge in [0.05, 0.1) is 11.8 Å². The first kappa shape index (κ1) is 13.0. The Bertz CT molecular complexity index is 608. The van der Waals surface area contributed by atoms with Gasteiger partial charge < -0.3 is 10.4 Å². The highest BCUT2D eigenvalue weighted by atomic mass is 16.4. The second-order valence-corrected chi connectivity index (χ2v) is 4.11. The summed E-state index contributed by atoms with van der Waals surface area (Å²) >= 11 is 0. The predicted octanol–water partition coefficient (Wildman–Crippen LogP) is 0.712. The molecule has 0 spiro atoms. The first-order valence-electron chi connectivity index (χ1n) is 5.96. The summed E-state index contributed by atoms with van der Waals surface area (Å²) in [4.78, 5) is 23.1. The SMILES string of the molecule is CCCC(NC(=O)c1cnn2ncccc12)C(=O)O. The highest BCUT2D eigenvalue weighted by Gasteiger charge is 2.21. The van der Waals surface area contributed by atoms with Crippen molar-refractivity contribution < 1.29 is 14.7 Å². The van der Waals surface area contributed by atoms with Gasteiger partial charge in [-0.2, -0.15) is 14.8 Å². The molecule has 100 valence electrons. The lowest BCUT2D eigenvalue weighted by Gasteiger charge is -2.12. The van der Waals surface area contributed by atoms with E-state index in [1.165, 1.54) is 10.8 Å². The lowest BCUT2D eigenvalue weighted by atomic mass is 10.1. The maximum Gasteiger partial charge on any atom is 0.326 e. The molecular formula is C12H14N4O3. The maximum absolute atomic E-state index is 12.1. The summed E-state index contributed by atoms with van der Waals surface area (Å²) in [7, 11) is 0. The Morgan fingerprint density at radius 2 is 2.26 bits per heavy atom. The zero-order valence-corrected chi connectivity index (χ0v) is 10.4. The van der Waals surface area contributed by atoms with Crippen LogP contribution < -0.4 is 5.32 Å². The summed E-state index contributed by atoms with van der Waals surface area (Å²) in [5.41, 5.74) is 0.857. The fourth-order valence-corrected chi connectivity index (χ4v) is 1.79. The van der Waals surface area contributed by atoms with E-state index in [4.69, 9.17) is 5.11 Å². The number of carboxylic acid groups (broad SMARTS) is 1. The molecule has 1 amide bonds. The summed E-state index contributed by atoms with van der Waals surface area (Å²) in [6.45, 7) is 1.86. The van der Waals surface area contributed by atoms with Crippen molar-refractivity contribution in [2.45, 2.75) is 25.8 Å². The Hall–Kier alpha value is -2.44. The Kier molecular flexibility index (Phi) is 3.74. The number of rotatable bonds is 5. The van der Waals surface area contributed by atoms with Crippen LogP contribution in [0.3, 0.4) is 0 Å². The first-order valence-corrected chi connectivity index (χ1v) is 5.96. The monoisotopic (exact) mass is 262 g/mol. The Morgan fingerprint density at radius 3 is 2.95 bits per heavy atom. The van der Waals surface area contributed by atoms with Gasteiger partial charge in [0.2, 0.25) is 0 Å². The molecule has 1 unspecified atom stereocenters. The van der Waals surface area contributed by atoms with Crippen LogP contribution in [-0.2, 0) is 4.79 Å². The summed E-state index contributed by atoms with van der Waals surface area (Å²) < 4.78 is 1.32. The predicted molar refractivity (Wildman–Crippen MR) is 66.8 cm³/mol. The van der Waals surface area contributed by atoms with E-state index in [9.17, 15) is 9.59 Å². The summed E-state index contributed by atoms with van der Waals surface area (Å²) in [5, 5.41) is 19.4. The average Bonchev–Trinajstić information content (AvgIpc) is 2.81. The van der Waals surface area contributed by atoms with Gasteiger partial charge in [-0.3, -0.25) is 4.79 Å². The molecule has 0 saturated carbocycles. The van der Waals surface area contributed by atoms with Crippen LogP contribution in [0.4, 0.5) is 0 Å². The zero-order valence-electron chi connectivity index (χ0n) is 10.4. The molecule has 0 aromatic carbocycles. The number of carbonyl (C=O) groups is 2. The Balaban J connectivity index is 2.22. The number of hydrogen-bond donors (Lipinski definition) is 2. The molecule has 7 nitrogen and oxygen atoms in total. The van der Waals surface area contributed by atoms with Crippen molar-refractivity contribution in [1.29, 1.82) is 0 Å². The maximum atomic E-state index is 12.1. The van der Waals surface area contributed by atoms with E-state index in [1.807, 2.05) is 6.92 Å². The van der Waals surface area contributed by atoms with Crippen molar-refractivity contribution in [3.05, 3.63) is 30.1 Å². The third kappa shape index (κ3) is 2.70. The van der Waals surface area contributed by atoms with E-state index in [-0.39, 0.29) is 0 Å². The standard InChI is InChI=1S/C12H14N4O3/c1-2-4-9(12(18)19)15-11(17)8-7-14-16-10(8)5-3-6-13-16/h3,5-7,9H,2,4H2,1H3,(H,15,17)(H,18,19). The molecule has 2 heterocycles. The van der Waals surface area contributed by atoms with Gasteiger partial charge in [-0.25, -0.2) is 4.79 Å². The van der Waals surface area contributed by atoms with Crippen LogP contribution in [0.2, 0.25) is 0 Å². The molecule has 2 aromatic rings. The van der Waals surface area contributed by atoms with Gasteiger partial charge >= 0.3 is 5.97 Å². The van der Waals surface area contributed by atoms with Crippen LogP contribution in [0.15, 0.2) is 24.5 Å². The van der Waals surface area contributed by atoms with Gasteiger partial charge in [-0.15, -0.1) is 0 Å². The molecule has 0 aliphatic rings. The molecule has 0 fully saturated rings. The van der Waals surface area contributed by atoms with E-state index < -0.39 is 17.9 Å². The number of aromatic nitrogens is 3. The van der Waals surface area contributed by atoms with E-state index in [0.717, 1.165) is 0 Å². The number of fused-ring (bicyclic) bond motifs is 1. The van der Waals surface area contributed by atoms with Crippen molar-refractivity contribution in [2.75, 3.05) is 0 Å². The topological polar surface area (TPSA) is 96.6 Å². The number of carbonyl (C=O) groups excluding carboxylic acids is 1. The number of nitrogens with zero attached hydrogens (tertiary/aromatic N) is 3. The fraction of sp³-hybridized carbons (Fsp3) is 0.333. The second kappa shape index (κ2) is 5.47. The molecule has 19 heavy (non-hydrogen) atoms. The highest BCUT2D eigenvalue weighted by molar-refractivity contribution is 6.02. The van der Waals surface area contributed by atoms with E-state index >= 15 is 0 Å². The first-order chi connectivity index (χ1) is 9.13. The number of amides is 1. The molecule has 2 aromatic heterocycles. The molecule has 0 bridgehead atoms. The van der Waals surface area contributed by atoms with Gasteiger partial charge in [-0.05, 0) is 18.6 Å². The number of nitrogens with one attached hydrogen (secondary N) is 1. The largest absolute Gasteiger partial charge is 0.480 e. The van der Waals surface area contributed by atoms with Crippen LogP contribution in [0.25, 0.3) is 5.52 Å². The summed E-state index contributed by atoms with van der Waals surface area (Å²) in [6, 6.07) is 2.50. The smallest absolute Gasteiger partial charge is 0.326 e. The minimum Gasteiger partial charge on any atom is -0.480 e. The van der Waals surface area contributed by atoms with Gasteiger partial charge in [0.1, 0.15) is 11.6 Å². The molecule has 1 atom stereocenters. The van der Waals surface area contributed by atoms with Gasteiger partial charge in [0, 0.05) is 6.20 Å². The molecule has 2 N–H and O–H groups in total. The number of hydrogen-bond acceptors (Lipinski definition) is 4. The molecule has 0 aliphatic carbocycles. The van der Waals surface area contributed by atoms with Crippen molar-refractivity contribution in [1.82, 2.24) is 20.1 Å². The van der Waals surface area contributed by atoms with E-state index in [0.29, 0.717) is 23.9 Å². The minimum absolute atomic E-state index is 0.315. The van der Waals surface area contributed by atoms with E-state index in [2.05, 4.69) is 15.5 Å². The molecule has 0 radical (unpaired) electrons. The zero-order chi connectivity index (χ0) is 13.8. The average molecular weight is 262 g/mol. The second-order valence-electron chi connectivity index (χ2n) is 4.11. The van der Waals surface area contributed by atoms with E-state index in [1.54, 1.807) is 18.3 Å². The third-order valence-corrected chi connectivity index (χ3v) is 2.73. The normalized spacial score (nSPS) is 12.3.